The van der Waals surface area contributed by atoms with Gasteiger partial charge in [-0.05, 0) is 6.07 Å². The van der Waals surface area contributed by atoms with E-state index in [0.717, 1.165) is 10.8 Å². The van der Waals surface area contributed by atoms with Crippen molar-refractivity contribution in [2.24, 2.45) is 0 Å². The summed E-state index contributed by atoms with van der Waals surface area (Å²) in [6, 6.07) is 2.60. The van der Waals surface area contributed by atoms with E-state index >= 15 is 0 Å². The summed E-state index contributed by atoms with van der Waals surface area (Å²) in [7, 11) is 0. The molecule has 4 nitrogen and oxygen atoms in total. The first-order chi connectivity index (χ1) is 7.71. The number of ketones is 1. The fourth-order valence-electron chi connectivity index (χ4n) is 1.16. The molecule has 0 amide bonds. The van der Waals surface area contributed by atoms with Crippen molar-refractivity contribution < 1.29 is 49.4 Å². The van der Waals surface area contributed by atoms with Gasteiger partial charge in [0, 0.05) is 13.0 Å². The molecule has 1 rings (SSSR count). The van der Waals surface area contributed by atoms with Crippen LogP contribution in [0.4, 0.5) is 13.2 Å². The highest BCUT2D eigenvalue weighted by Crippen LogP contribution is 2.15. The van der Waals surface area contributed by atoms with E-state index in [1.165, 1.54) is 19.1 Å². The molecule has 0 radical (unpaired) electrons. The molecule has 0 atom stereocenters. The number of nitrogens with zero attached hydrogens (tertiary/aromatic N) is 1. The molecule has 0 aliphatic heterocycles. The Balaban J connectivity index is 0.00000289. The van der Waals surface area contributed by atoms with Crippen LogP contribution in [0.15, 0.2) is 18.3 Å². The maximum atomic E-state index is 12.0. The number of alkyl halides is 3. The molecule has 0 spiro atoms. The summed E-state index contributed by atoms with van der Waals surface area (Å²) in [4.78, 5) is 21.4. The number of aryl methyl sites for hydroxylation is 1. The Morgan fingerprint density at radius 3 is 2.33 bits per heavy atom. The predicted molar refractivity (Wildman–Crippen MR) is 49.4 cm³/mol. The second-order valence-electron chi connectivity index (χ2n) is 3.41. The van der Waals surface area contributed by atoms with Gasteiger partial charge < -0.3 is 22.1 Å². The van der Waals surface area contributed by atoms with Gasteiger partial charge in [0.25, 0.3) is 0 Å². The molecule has 18 heavy (non-hydrogen) atoms. The van der Waals surface area contributed by atoms with E-state index in [0.29, 0.717) is 5.69 Å². The number of hydrogen-bond acceptors (Lipinski definition) is 2. The average molecular weight is 328 g/mol. The molecular formula is C10H9BrF3NO3. The van der Waals surface area contributed by atoms with Crippen LogP contribution >= 0.6 is 0 Å². The fraction of sp³-hybridized carbons (Fsp3) is 0.300. The van der Waals surface area contributed by atoms with E-state index in [2.05, 4.69) is 0 Å². The topological polar surface area (TPSA) is 58.2 Å². The van der Waals surface area contributed by atoms with Crippen molar-refractivity contribution >= 4 is 11.8 Å². The lowest BCUT2D eigenvalue weighted by molar-refractivity contribution is -0.691. The molecule has 0 aliphatic carbocycles. The molecule has 1 heterocycles. The standard InChI is InChI=1S/C10H8F3NO3.BrH/c1-6-2-3-7(9(16)17)4-14(6)5-8(15)10(11,12)13;/h2-4H,5H2,1H3;1H. The number of carbonyl (C=O) groups is 2. The first-order valence-electron chi connectivity index (χ1n) is 4.55. The van der Waals surface area contributed by atoms with Gasteiger partial charge in [-0.15, -0.1) is 0 Å². The summed E-state index contributed by atoms with van der Waals surface area (Å²) < 4.78 is 37.1. The van der Waals surface area contributed by atoms with Crippen molar-refractivity contribution in [2.75, 3.05) is 0 Å². The highest BCUT2D eigenvalue weighted by Gasteiger charge is 2.41. The zero-order chi connectivity index (χ0) is 13.2. The first kappa shape index (κ1) is 16.6. The lowest BCUT2D eigenvalue weighted by Crippen LogP contribution is -3.00. The zero-order valence-corrected chi connectivity index (χ0v) is 10.7. The highest BCUT2D eigenvalue weighted by molar-refractivity contribution is 5.87. The molecule has 0 aromatic carbocycles. The predicted octanol–water partition coefficient (Wildman–Crippen LogP) is -1.88. The molecule has 0 aliphatic rings. The molecule has 0 saturated heterocycles. The summed E-state index contributed by atoms with van der Waals surface area (Å²) >= 11 is 0. The van der Waals surface area contributed by atoms with Gasteiger partial charge in [0.15, 0.2) is 11.9 Å². The van der Waals surface area contributed by atoms with E-state index in [1.54, 1.807) is 0 Å². The van der Waals surface area contributed by atoms with Gasteiger partial charge in [0.1, 0.15) is 5.56 Å². The SMILES string of the molecule is Cc1ccc(C(=O)O)c[n+]1CC(=O)C(F)(F)F.[Br-]. The smallest absolute Gasteiger partial charge is 0.456 e. The maximum Gasteiger partial charge on any atom is 0.456 e. The number of pyridine rings is 1. The second-order valence-corrected chi connectivity index (χ2v) is 3.41. The van der Waals surface area contributed by atoms with Crippen LogP contribution in [0.5, 0.6) is 0 Å². The third-order valence-corrected chi connectivity index (χ3v) is 2.13. The maximum absolute atomic E-state index is 12.0. The average Bonchev–Trinajstić information content (AvgIpc) is 2.19. The van der Waals surface area contributed by atoms with E-state index in [9.17, 15) is 22.8 Å². The Labute approximate surface area is 111 Å². The van der Waals surface area contributed by atoms with Gasteiger partial charge in [-0.25, -0.2) is 4.79 Å². The van der Waals surface area contributed by atoms with Gasteiger partial charge >= 0.3 is 17.9 Å². The normalized spacial score (nSPS) is 10.7. The summed E-state index contributed by atoms with van der Waals surface area (Å²) in [6.45, 7) is 0.561. The van der Waals surface area contributed by atoms with Gasteiger partial charge in [0.05, 0.1) is 0 Å². The van der Waals surface area contributed by atoms with Crippen LogP contribution in [0.2, 0.25) is 0 Å². The minimum Gasteiger partial charge on any atom is -1.00 e. The molecule has 8 heteroatoms. The van der Waals surface area contributed by atoms with Crippen LogP contribution in [-0.4, -0.2) is 23.0 Å². The fourth-order valence-corrected chi connectivity index (χ4v) is 1.16. The number of carboxylic acids is 1. The summed E-state index contributed by atoms with van der Waals surface area (Å²) in [5.41, 5.74) is 0.193. The summed E-state index contributed by atoms with van der Waals surface area (Å²) in [5, 5.41) is 8.67. The van der Waals surface area contributed by atoms with Crippen molar-refractivity contribution in [1.29, 1.82) is 0 Å². The van der Waals surface area contributed by atoms with Crippen LogP contribution in [0.3, 0.4) is 0 Å². The first-order valence-corrected chi connectivity index (χ1v) is 4.55. The van der Waals surface area contributed by atoms with E-state index in [4.69, 9.17) is 5.11 Å². The minimum atomic E-state index is -4.92. The number of Topliss-reactive ketones (excluding diaryl/α,β-unsaturated/α-hetero) is 1. The van der Waals surface area contributed by atoms with Crippen molar-refractivity contribution in [3.63, 3.8) is 0 Å². The number of aromatic carboxylic acids is 1. The lowest BCUT2D eigenvalue weighted by Gasteiger charge is -2.04. The number of halogens is 4. The van der Waals surface area contributed by atoms with Crippen LogP contribution in [0.25, 0.3) is 0 Å². The van der Waals surface area contributed by atoms with E-state index in [1.807, 2.05) is 0 Å². The molecule has 0 saturated carbocycles. The van der Waals surface area contributed by atoms with E-state index in [-0.39, 0.29) is 22.5 Å². The van der Waals surface area contributed by atoms with Crippen LogP contribution < -0.4 is 21.5 Å². The monoisotopic (exact) mass is 327 g/mol. The number of carbonyl (C=O) groups excluding carboxylic acids is 1. The van der Waals surface area contributed by atoms with Crippen molar-refractivity contribution in [3.8, 4) is 0 Å². The molecule has 0 unspecified atom stereocenters. The minimum absolute atomic E-state index is 0. The van der Waals surface area contributed by atoms with E-state index < -0.39 is 24.5 Å². The number of hydrogen-bond donors (Lipinski definition) is 1. The third-order valence-electron chi connectivity index (χ3n) is 2.13. The number of rotatable bonds is 3. The molecule has 1 aromatic rings. The quantitative estimate of drug-likeness (QED) is 0.661. The van der Waals surface area contributed by atoms with Gasteiger partial charge in [-0.1, -0.05) is 0 Å². The van der Waals surface area contributed by atoms with Crippen LogP contribution in [-0.2, 0) is 11.3 Å². The highest BCUT2D eigenvalue weighted by atomic mass is 79.9. The van der Waals surface area contributed by atoms with Crippen molar-refractivity contribution in [1.82, 2.24) is 0 Å². The molecule has 1 aromatic heterocycles. The molecule has 0 fully saturated rings. The van der Waals surface area contributed by atoms with Gasteiger partial charge in [-0.2, -0.15) is 17.7 Å². The summed E-state index contributed by atoms with van der Waals surface area (Å²) in [6.07, 6.45) is -3.92. The Morgan fingerprint density at radius 1 is 1.33 bits per heavy atom. The Bertz CT molecular complexity index is 474. The molecule has 1 N–H and O–H groups in total. The lowest BCUT2D eigenvalue weighted by atomic mass is 10.2. The van der Waals surface area contributed by atoms with Gasteiger partial charge in [0.2, 0.25) is 6.54 Å². The second kappa shape index (κ2) is 5.94. The van der Waals surface area contributed by atoms with Crippen LogP contribution in [0, 0.1) is 6.92 Å². The third kappa shape index (κ3) is 4.10. The molecular weight excluding hydrogens is 319 g/mol. The van der Waals surface area contributed by atoms with Gasteiger partial charge in [-0.3, -0.25) is 4.79 Å². The summed E-state index contributed by atoms with van der Waals surface area (Å²) in [5.74, 6) is -3.19. The largest absolute Gasteiger partial charge is 1.00 e. The number of carboxylic acid groups (broad SMARTS) is 1. The Kier molecular flexibility index (Phi) is 5.47. The number of aromatic nitrogens is 1. The Morgan fingerprint density at radius 2 is 1.89 bits per heavy atom. The van der Waals surface area contributed by atoms with Crippen LogP contribution in [0.1, 0.15) is 16.1 Å². The van der Waals surface area contributed by atoms with Crippen molar-refractivity contribution in [2.45, 2.75) is 19.6 Å². The molecule has 0 bridgehead atoms. The molecule has 100 valence electrons. The Hall–Kier alpha value is -1.44. The van der Waals surface area contributed by atoms with Crippen molar-refractivity contribution in [3.05, 3.63) is 29.6 Å². The zero-order valence-electron chi connectivity index (χ0n) is 9.16.